The van der Waals surface area contributed by atoms with Crippen molar-refractivity contribution in [1.29, 1.82) is 0 Å². The highest BCUT2D eigenvalue weighted by Crippen LogP contribution is 2.19. The molecule has 0 atom stereocenters. The van der Waals surface area contributed by atoms with Gasteiger partial charge in [0.15, 0.2) is 5.11 Å². The molecular weight excluding hydrogens is 308 g/mol. The van der Waals surface area contributed by atoms with Gasteiger partial charge in [-0.15, -0.1) is 0 Å². The molecule has 0 spiro atoms. The Morgan fingerprint density at radius 3 is 2.70 bits per heavy atom. The average molecular weight is 332 g/mol. The number of amides is 1. The van der Waals surface area contributed by atoms with E-state index in [0.717, 1.165) is 18.7 Å². The predicted octanol–water partition coefficient (Wildman–Crippen LogP) is 3.58. The third kappa shape index (κ3) is 6.02. The minimum atomic E-state index is -0.206. The van der Waals surface area contributed by atoms with Crippen LogP contribution in [0.5, 0.6) is 5.75 Å². The van der Waals surface area contributed by atoms with Crippen LogP contribution in [-0.4, -0.2) is 24.2 Å². The third-order valence-electron chi connectivity index (χ3n) is 3.77. The molecule has 1 aromatic rings. The minimum Gasteiger partial charge on any atom is -0.494 e. The Morgan fingerprint density at radius 1 is 1.26 bits per heavy atom. The summed E-state index contributed by atoms with van der Waals surface area (Å²) in [4.78, 5) is 12.1. The molecule has 2 N–H and O–H groups in total. The number of hydrogen-bond acceptors (Lipinski definition) is 3. The Morgan fingerprint density at radius 2 is 2.04 bits per heavy atom. The van der Waals surface area contributed by atoms with Gasteiger partial charge < -0.3 is 10.1 Å². The molecular formula is C18H24N2O2S. The van der Waals surface area contributed by atoms with E-state index < -0.39 is 0 Å². The van der Waals surface area contributed by atoms with Gasteiger partial charge in [-0.3, -0.25) is 10.1 Å². The molecule has 0 fully saturated rings. The van der Waals surface area contributed by atoms with Gasteiger partial charge >= 0.3 is 0 Å². The van der Waals surface area contributed by atoms with Crippen LogP contribution >= 0.6 is 12.2 Å². The summed E-state index contributed by atoms with van der Waals surface area (Å²) >= 11 is 5.18. The van der Waals surface area contributed by atoms with Crippen molar-refractivity contribution in [3.05, 3.63) is 41.5 Å². The quantitative estimate of drug-likeness (QED) is 0.617. The molecule has 0 bridgehead atoms. The zero-order chi connectivity index (χ0) is 16.5. The van der Waals surface area contributed by atoms with Crippen LogP contribution in [0.3, 0.4) is 0 Å². The van der Waals surface area contributed by atoms with Crippen molar-refractivity contribution < 1.29 is 9.53 Å². The molecule has 0 radical (unpaired) electrons. The number of rotatable bonds is 6. The van der Waals surface area contributed by atoms with E-state index in [-0.39, 0.29) is 5.91 Å². The van der Waals surface area contributed by atoms with Crippen LogP contribution in [0.1, 0.15) is 49.4 Å². The molecule has 124 valence electrons. The largest absolute Gasteiger partial charge is 0.494 e. The molecule has 23 heavy (non-hydrogen) atoms. The van der Waals surface area contributed by atoms with Gasteiger partial charge in [0.2, 0.25) is 0 Å². The molecule has 0 heterocycles. The summed E-state index contributed by atoms with van der Waals surface area (Å²) < 4.78 is 5.36. The number of ether oxygens (including phenoxy) is 1. The highest BCUT2D eigenvalue weighted by molar-refractivity contribution is 7.80. The van der Waals surface area contributed by atoms with E-state index in [0.29, 0.717) is 17.3 Å². The van der Waals surface area contributed by atoms with E-state index in [4.69, 9.17) is 17.0 Å². The minimum absolute atomic E-state index is 0.206. The number of carbonyl (C=O) groups is 1. The second-order valence-electron chi connectivity index (χ2n) is 5.53. The molecule has 0 aromatic heterocycles. The number of thiocarbonyl (C=S) groups is 1. The Bertz CT molecular complexity index is 567. The summed E-state index contributed by atoms with van der Waals surface area (Å²) in [6, 6.07) is 7.03. The molecule has 5 heteroatoms. The van der Waals surface area contributed by atoms with Gasteiger partial charge in [0.25, 0.3) is 5.91 Å². The van der Waals surface area contributed by atoms with Gasteiger partial charge in [-0.1, -0.05) is 11.6 Å². The third-order valence-corrected chi connectivity index (χ3v) is 4.02. The normalized spacial score (nSPS) is 13.9. The standard InChI is InChI=1S/C18H24N2O2S/c1-2-22-16-10-8-15(9-11-16)17(21)20-18(23)19-13-12-14-6-4-3-5-7-14/h6,8-11H,2-5,7,12-13H2,1H3,(H2,19,20,21,23). The monoisotopic (exact) mass is 332 g/mol. The lowest BCUT2D eigenvalue weighted by Gasteiger charge is -2.14. The van der Waals surface area contributed by atoms with Crippen molar-refractivity contribution >= 4 is 23.2 Å². The van der Waals surface area contributed by atoms with Crippen LogP contribution in [0, 0.1) is 0 Å². The van der Waals surface area contributed by atoms with Crippen LogP contribution < -0.4 is 15.4 Å². The van der Waals surface area contributed by atoms with E-state index in [1.165, 1.54) is 31.3 Å². The fourth-order valence-corrected chi connectivity index (χ4v) is 2.75. The smallest absolute Gasteiger partial charge is 0.257 e. The molecule has 0 saturated heterocycles. The Balaban J connectivity index is 1.73. The highest BCUT2D eigenvalue weighted by atomic mass is 32.1. The van der Waals surface area contributed by atoms with Crippen LogP contribution in [0.4, 0.5) is 0 Å². The average Bonchev–Trinajstić information content (AvgIpc) is 2.57. The zero-order valence-corrected chi connectivity index (χ0v) is 14.4. The molecule has 1 aliphatic carbocycles. The molecule has 0 aliphatic heterocycles. The van der Waals surface area contributed by atoms with Crippen LogP contribution in [0.25, 0.3) is 0 Å². The van der Waals surface area contributed by atoms with Crippen molar-refractivity contribution in [1.82, 2.24) is 10.6 Å². The summed E-state index contributed by atoms with van der Waals surface area (Å²) in [5.41, 5.74) is 2.05. The molecule has 1 amide bonds. The lowest BCUT2D eigenvalue weighted by molar-refractivity contribution is 0.0976. The van der Waals surface area contributed by atoms with E-state index in [9.17, 15) is 4.79 Å². The van der Waals surface area contributed by atoms with Crippen LogP contribution in [-0.2, 0) is 0 Å². The lowest BCUT2D eigenvalue weighted by Crippen LogP contribution is -2.39. The van der Waals surface area contributed by atoms with E-state index in [2.05, 4.69) is 16.7 Å². The van der Waals surface area contributed by atoms with Crippen molar-refractivity contribution in [3.8, 4) is 5.75 Å². The highest BCUT2D eigenvalue weighted by Gasteiger charge is 2.08. The zero-order valence-electron chi connectivity index (χ0n) is 13.6. The maximum atomic E-state index is 12.1. The van der Waals surface area contributed by atoms with E-state index in [1.807, 2.05) is 6.92 Å². The summed E-state index contributed by atoms with van der Waals surface area (Å²) in [5.74, 6) is 0.549. The van der Waals surface area contributed by atoms with Crippen molar-refractivity contribution in [2.45, 2.75) is 39.0 Å². The lowest BCUT2D eigenvalue weighted by atomic mass is 9.97. The molecule has 1 aliphatic rings. The summed E-state index contributed by atoms with van der Waals surface area (Å²) in [6.45, 7) is 3.29. The molecule has 0 unspecified atom stereocenters. The first-order chi connectivity index (χ1) is 11.2. The predicted molar refractivity (Wildman–Crippen MR) is 96.8 cm³/mol. The first kappa shape index (κ1) is 17.5. The first-order valence-corrected chi connectivity index (χ1v) is 8.60. The number of nitrogens with one attached hydrogen (secondary N) is 2. The maximum absolute atomic E-state index is 12.1. The molecule has 2 rings (SSSR count). The van der Waals surface area contributed by atoms with Crippen LogP contribution in [0.15, 0.2) is 35.9 Å². The van der Waals surface area contributed by atoms with Gasteiger partial charge in [0.1, 0.15) is 5.75 Å². The van der Waals surface area contributed by atoms with Gasteiger partial charge in [0.05, 0.1) is 6.61 Å². The van der Waals surface area contributed by atoms with Gasteiger partial charge in [-0.25, -0.2) is 0 Å². The van der Waals surface area contributed by atoms with Crippen molar-refractivity contribution in [3.63, 3.8) is 0 Å². The Kier molecular flexibility index (Phi) is 7.07. The van der Waals surface area contributed by atoms with Crippen molar-refractivity contribution in [2.24, 2.45) is 0 Å². The van der Waals surface area contributed by atoms with Gasteiger partial charge in [0, 0.05) is 12.1 Å². The Labute approximate surface area is 143 Å². The second kappa shape index (κ2) is 9.30. The first-order valence-electron chi connectivity index (χ1n) is 8.19. The molecule has 4 nitrogen and oxygen atoms in total. The summed E-state index contributed by atoms with van der Waals surface area (Å²) in [6.07, 6.45) is 8.27. The molecule has 0 saturated carbocycles. The fourth-order valence-electron chi connectivity index (χ4n) is 2.56. The number of benzene rings is 1. The maximum Gasteiger partial charge on any atom is 0.257 e. The van der Waals surface area contributed by atoms with E-state index in [1.54, 1.807) is 24.3 Å². The van der Waals surface area contributed by atoms with Crippen molar-refractivity contribution in [2.75, 3.05) is 13.2 Å². The SMILES string of the molecule is CCOc1ccc(C(=O)NC(=S)NCCC2=CCCCC2)cc1. The Hall–Kier alpha value is -1.88. The summed E-state index contributed by atoms with van der Waals surface area (Å²) in [5, 5.41) is 6.18. The van der Waals surface area contributed by atoms with Gasteiger partial charge in [-0.05, 0) is 75.5 Å². The number of hydrogen-bond donors (Lipinski definition) is 2. The summed E-state index contributed by atoms with van der Waals surface area (Å²) in [7, 11) is 0. The topological polar surface area (TPSA) is 50.4 Å². The second-order valence-corrected chi connectivity index (χ2v) is 5.93. The van der Waals surface area contributed by atoms with Crippen LogP contribution in [0.2, 0.25) is 0 Å². The van der Waals surface area contributed by atoms with Gasteiger partial charge in [-0.2, -0.15) is 0 Å². The number of carbonyl (C=O) groups excluding carboxylic acids is 1. The molecule has 1 aromatic carbocycles. The number of allylic oxidation sites excluding steroid dienone is 1. The fraction of sp³-hybridized carbons (Fsp3) is 0.444. The van der Waals surface area contributed by atoms with E-state index >= 15 is 0 Å².